The first kappa shape index (κ1) is 12.0. The SMILES string of the molecule is C/C=C/CCNC(=O)c1ccc(CC)s1. The van der Waals surface area contributed by atoms with Crippen molar-refractivity contribution in [2.24, 2.45) is 0 Å². The van der Waals surface area contributed by atoms with Crippen molar-refractivity contribution in [2.45, 2.75) is 26.7 Å². The Morgan fingerprint density at radius 3 is 2.93 bits per heavy atom. The molecule has 1 amide bonds. The van der Waals surface area contributed by atoms with Crippen molar-refractivity contribution in [3.8, 4) is 0 Å². The largest absolute Gasteiger partial charge is 0.351 e. The number of carbonyl (C=O) groups is 1. The topological polar surface area (TPSA) is 29.1 Å². The third-order valence-corrected chi connectivity index (χ3v) is 3.29. The molecule has 0 unspecified atom stereocenters. The summed E-state index contributed by atoms with van der Waals surface area (Å²) in [6, 6.07) is 3.92. The lowest BCUT2D eigenvalue weighted by Gasteiger charge is -1.99. The Balaban J connectivity index is 2.39. The average Bonchev–Trinajstić information content (AvgIpc) is 2.72. The van der Waals surface area contributed by atoms with Gasteiger partial charge in [-0.05, 0) is 31.9 Å². The fourth-order valence-corrected chi connectivity index (χ4v) is 2.08. The number of hydrogen-bond donors (Lipinski definition) is 1. The molecule has 0 aliphatic heterocycles. The van der Waals surface area contributed by atoms with Crippen LogP contribution in [-0.2, 0) is 6.42 Å². The molecule has 0 fully saturated rings. The summed E-state index contributed by atoms with van der Waals surface area (Å²) < 4.78 is 0. The normalized spacial score (nSPS) is 10.8. The van der Waals surface area contributed by atoms with E-state index in [0.29, 0.717) is 6.54 Å². The molecule has 1 N–H and O–H groups in total. The van der Waals surface area contributed by atoms with Crippen LogP contribution in [-0.4, -0.2) is 12.5 Å². The lowest BCUT2D eigenvalue weighted by Crippen LogP contribution is -2.23. The van der Waals surface area contributed by atoms with Crippen molar-refractivity contribution in [1.29, 1.82) is 0 Å². The van der Waals surface area contributed by atoms with Gasteiger partial charge in [0.25, 0.3) is 5.91 Å². The molecule has 1 rings (SSSR count). The fraction of sp³-hybridized carbons (Fsp3) is 0.417. The van der Waals surface area contributed by atoms with E-state index in [9.17, 15) is 4.79 Å². The molecule has 3 heteroatoms. The molecule has 1 aromatic rings. The minimum atomic E-state index is 0.0456. The Hall–Kier alpha value is -1.09. The number of nitrogens with one attached hydrogen (secondary N) is 1. The van der Waals surface area contributed by atoms with Gasteiger partial charge < -0.3 is 5.32 Å². The molecule has 0 aliphatic carbocycles. The van der Waals surface area contributed by atoms with Crippen molar-refractivity contribution in [2.75, 3.05) is 6.54 Å². The zero-order valence-electron chi connectivity index (χ0n) is 9.25. The van der Waals surface area contributed by atoms with Gasteiger partial charge in [-0.2, -0.15) is 0 Å². The van der Waals surface area contributed by atoms with Crippen LogP contribution < -0.4 is 5.32 Å². The minimum Gasteiger partial charge on any atom is -0.351 e. The van der Waals surface area contributed by atoms with Crippen LogP contribution in [0.1, 0.15) is 34.8 Å². The molecule has 82 valence electrons. The van der Waals surface area contributed by atoms with E-state index in [1.165, 1.54) is 4.88 Å². The van der Waals surface area contributed by atoms with E-state index in [4.69, 9.17) is 0 Å². The average molecular weight is 223 g/mol. The Bertz CT molecular complexity index is 341. The van der Waals surface area contributed by atoms with Crippen molar-refractivity contribution >= 4 is 17.2 Å². The van der Waals surface area contributed by atoms with Gasteiger partial charge in [0.15, 0.2) is 0 Å². The van der Waals surface area contributed by atoms with E-state index in [0.717, 1.165) is 17.7 Å². The van der Waals surface area contributed by atoms with Crippen LogP contribution >= 0.6 is 11.3 Å². The first-order valence-corrected chi connectivity index (χ1v) is 6.07. The first-order chi connectivity index (χ1) is 7.27. The van der Waals surface area contributed by atoms with Crippen LogP contribution in [0.5, 0.6) is 0 Å². The third-order valence-electron chi connectivity index (χ3n) is 2.07. The summed E-state index contributed by atoms with van der Waals surface area (Å²) in [5.74, 6) is 0.0456. The molecule has 1 aromatic heterocycles. The van der Waals surface area contributed by atoms with Gasteiger partial charge in [-0.15, -0.1) is 11.3 Å². The number of aryl methyl sites for hydroxylation is 1. The third kappa shape index (κ3) is 3.88. The van der Waals surface area contributed by atoms with Gasteiger partial charge in [0, 0.05) is 11.4 Å². The van der Waals surface area contributed by atoms with Gasteiger partial charge in [0.05, 0.1) is 4.88 Å². The molecule has 0 aromatic carbocycles. The second kappa shape index (κ2) is 6.40. The minimum absolute atomic E-state index is 0.0456. The molecular weight excluding hydrogens is 206 g/mol. The monoisotopic (exact) mass is 223 g/mol. The number of amides is 1. The fourth-order valence-electron chi connectivity index (χ4n) is 1.21. The van der Waals surface area contributed by atoms with Crippen molar-refractivity contribution in [3.63, 3.8) is 0 Å². The van der Waals surface area contributed by atoms with Crippen LogP contribution in [0.3, 0.4) is 0 Å². The second-order valence-corrected chi connectivity index (χ2v) is 4.40. The maximum Gasteiger partial charge on any atom is 0.261 e. The zero-order valence-corrected chi connectivity index (χ0v) is 10.1. The maximum atomic E-state index is 11.6. The summed E-state index contributed by atoms with van der Waals surface area (Å²) in [6.45, 7) is 4.79. The van der Waals surface area contributed by atoms with Gasteiger partial charge in [-0.3, -0.25) is 4.79 Å². The van der Waals surface area contributed by atoms with Crippen LogP contribution in [0.25, 0.3) is 0 Å². The van der Waals surface area contributed by atoms with Crippen molar-refractivity contribution in [1.82, 2.24) is 5.32 Å². The summed E-state index contributed by atoms with van der Waals surface area (Å²) in [7, 11) is 0. The van der Waals surface area contributed by atoms with Gasteiger partial charge in [0.2, 0.25) is 0 Å². The number of thiophene rings is 1. The highest BCUT2D eigenvalue weighted by Gasteiger charge is 2.06. The van der Waals surface area contributed by atoms with E-state index in [1.807, 2.05) is 31.2 Å². The Morgan fingerprint density at radius 1 is 1.53 bits per heavy atom. The summed E-state index contributed by atoms with van der Waals surface area (Å²) in [5, 5.41) is 2.89. The number of allylic oxidation sites excluding steroid dienone is 1. The first-order valence-electron chi connectivity index (χ1n) is 5.26. The molecule has 0 radical (unpaired) electrons. The molecule has 15 heavy (non-hydrogen) atoms. The highest BCUT2D eigenvalue weighted by molar-refractivity contribution is 7.14. The highest BCUT2D eigenvalue weighted by atomic mass is 32.1. The van der Waals surface area contributed by atoms with E-state index < -0.39 is 0 Å². The second-order valence-electron chi connectivity index (χ2n) is 3.23. The standard InChI is InChI=1S/C12H17NOS/c1-3-5-6-9-13-12(14)11-8-7-10(4-2)15-11/h3,5,7-8H,4,6,9H2,1-2H3,(H,13,14)/b5-3+. The van der Waals surface area contributed by atoms with Crippen LogP contribution in [0.4, 0.5) is 0 Å². The van der Waals surface area contributed by atoms with E-state index in [2.05, 4.69) is 12.2 Å². The molecule has 2 nitrogen and oxygen atoms in total. The van der Waals surface area contributed by atoms with Gasteiger partial charge in [-0.25, -0.2) is 0 Å². The van der Waals surface area contributed by atoms with Crippen molar-refractivity contribution in [3.05, 3.63) is 34.0 Å². The van der Waals surface area contributed by atoms with E-state index in [-0.39, 0.29) is 5.91 Å². The Morgan fingerprint density at radius 2 is 2.33 bits per heavy atom. The van der Waals surface area contributed by atoms with E-state index in [1.54, 1.807) is 11.3 Å². The van der Waals surface area contributed by atoms with E-state index >= 15 is 0 Å². The zero-order chi connectivity index (χ0) is 11.1. The van der Waals surface area contributed by atoms with Crippen molar-refractivity contribution < 1.29 is 4.79 Å². The number of rotatable bonds is 5. The van der Waals surface area contributed by atoms with Gasteiger partial charge in [-0.1, -0.05) is 19.1 Å². The lowest BCUT2D eigenvalue weighted by atomic mass is 10.3. The molecule has 0 bridgehead atoms. The van der Waals surface area contributed by atoms with Gasteiger partial charge >= 0.3 is 0 Å². The lowest BCUT2D eigenvalue weighted by molar-refractivity contribution is 0.0958. The highest BCUT2D eigenvalue weighted by Crippen LogP contribution is 2.16. The molecule has 0 saturated carbocycles. The predicted octanol–water partition coefficient (Wildman–Crippen LogP) is 3.01. The summed E-state index contributed by atoms with van der Waals surface area (Å²) in [6.07, 6.45) is 5.93. The summed E-state index contributed by atoms with van der Waals surface area (Å²) >= 11 is 1.57. The molecule has 0 saturated heterocycles. The summed E-state index contributed by atoms with van der Waals surface area (Å²) in [4.78, 5) is 13.7. The Kier molecular flexibility index (Phi) is 5.12. The molecule has 1 heterocycles. The molecule has 0 atom stereocenters. The smallest absolute Gasteiger partial charge is 0.261 e. The maximum absolute atomic E-state index is 11.6. The Labute approximate surface area is 95.0 Å². The van der Waals surface area contributed by atoms with Crippen LogP contribution in [0, 0.1) is 0 Å². The number of hydrogen-bond acceptors (Lipinski definition) is 2. The quantitative estimate of drug-likeness (QED) is 0.603. The summed E-state index contributed by atoms with van der Waals surface area (Å²) in [5.41, 5.74) is 0. The predicted molar refractivity (Wildman–Crippen MR) is 65.5 cm³/mol. The molecule has 0 spiro atoms. The number of carbonyl (C=O) groups excluding carboxylic acids is 1. The molecular formula is C12H17NOS. The van der Waals surface area contributed by atoms with Crippen LogP contribution in [0.2, 0.25) is 0 Å². The van der Waals surface area contributed by atoms with Crippen LogP contribution in [0.15, 0.2) is 24.3 Å². The van der Waals surface area contributed by atoms with Gasteiger partial charge in [0.1, 0.15) is 0 Å². The molecule has 0 aliphatic rings.